The number of rotatable bonds is 5. The van der Waals surface area contributed by atoms with Gasteiger partial charge in [0.25, 0.3) is 11.5 Å². The van der Waals surface area contributed by atoms with E-state index >= 15 is 0 Å². The van der Waals surface area contributed by atoms with Crippen molar-refractivity contribution in [3.63, 3.8) is 0 Å². The van der Waals surface area contributed by atoms with Crippen LogP contribution in [0.1, 0.15) is 20.8 Å². The van der Waals surface area contributed by atoms with Crippen LogP contribution in [0.3, 0.4) is 0 Å². The Hall–Kier alpha value is -3.98. The van der Waals surface area contributed by atoms with E-state index in [0.717, 1.165) is 10.9 Å². The summed E-state index contributed by atoms with van der Waals surface area (Å²) < 4.78 is 22.2. The van der Waals surface area contributed by atoms with E-state index < -0.39 is 0 Å². The average molecular weight is 477 g/mol. The number of nitrogens with one attached hydrogen (secondary N) is 1. The molecule has 172 valence electrons. The Morgan fingerprint density at radius 3 is 2.53 bits per heavy atom. The van der Waals surface area contributed by atoms with Crippen LogP contribution in [0.5, 0.6) is 23.0 Å². The second kappa shape index (κ2) is 8.42. The van der Waals surface area contributed by atoms with E-state index in [1.165, 1.54) is 11.3 Å². The third kappa shape index (κ3) is 3.84. The molecule has 4 heterocycles. The maximum absolute atomic E-state index is 13.3. The molecule has 0 radical (unpaired) electrons. The van der Waals surface area contributed by atoms with Crippen molar-refractivity contribution >= 4 is 28.1 Å². The number of amides is 1. The Kier molecular flexibility index (Phi) is 5.10. The third-order valence-electron chi connectivity index (χ3n) is 5.77. The molecule has 0 saturated heterocycles. The van der Waals surface area contributed by atoms with Crippen LogP contribution in [0.15, 0.2) is 58.7 Å². The summed E-state index contributed by atoms with van der Waals surface area (Å²) in [4.78, 5) is 31.5. The van der Waals surface area contributed by atoms with Gasteiger partial charge in [0.2, 0.25) is 6.79 Å². The number of pyridine rings is 1. The van der Waals surface area contributed by atoms with Crippen molar-refractivity contribution < 1.29 is 23.7 Å². The minimum Gasteiger partial charge on any atom is -0.486 e. The number of H-pyrrole nitrogens is 1. The zero-order valence-electron chi connectivity index (χ0n) is 18.0. The first-order chi connectivity index (χ1) is 16.6. The van der Waals surface area contributed by atoms with Gasteiger partial charge in [0.1, 0.15) is 13.2 Å². The molecule has 0 spiro atoms. The molecule has 0 fully saturated rings. The van der Waals surface area contributed by atoms with Crippen molar-refractivity contribution in [2.75, 3.05) is 20.0 Å². The van der Waals surface area contributed by atoms with E-state index in [0.29, 0.717) is 58.7 Å². The average Bonchev–Trinajstić information content (AvgIpc) is 3.54. The quantitative estimate of drug-likeness (QED) is 0.470. The predicted octanol–water partition coefficient (Wildman–Crippen LogP) is 3.93. The number of carbonyl (C=O) groups is 1. The zero-order chi connectivity index (χ0) is 23.1. The second-order valence-electron chi connectivity index (χ2n) is 8.03. The van der Waals surface area contributed by atoms with Crippen molar-refractivity contribution in [2.45, 2.75) is 13.1 Å². The number of fused-ring (bicyclic) bond motifs is 3. The fourth-order valence-corrected chi connectivity index (χ4v) is 4.82. The molecule has 0 unspecified atom stereocenters. The van der Waals surface area contributed by atoms with Gasteiger partial charge in [-0.15, -0.1) is 11.3 Å². The van der Waals surface area contributed by atoms with Crippen LogP contribution in [0.4, 0.5) is 0 Å². The third-order valence-corrected chi connectivity index (χ3v) is 6.63. The molecule has 2 aliphatic rings. The predicted molar refractivity (Wildman–Crippen MR) is 126 cm³/mol. The Labute approximate surface area is 198 Å². The number of carbonyl (C=O) groups excluding carboxylic acids is 1. The molecule has 0 atom stereocenters. The highest BCUT2D eigenvalue weighted by molar-refractivity contribution is 7.12. The number of thiophene rings is 1. The Bertz CT molecular complexity index is 1450. The van der Waals surface area contributed by atoms with Gasteiger partial charge in [-0.05, 0) is 41.3 Å². The maximum atomic E-state index is 13.3. The number of aromatic nitrogens is 1. The van der Waals surface area contributed by atoms with Gasteiger partial charge >= 0.3 is 0 Å². The SMILES string of the molecule is O=C(c1cccs1)N(Cc1ccc2c(c1)OCO2)Cc1cc2cc3c(cc2[nH]c1=O)OCCO3. The molecule has 1 N–H and O–H groups in total. The molecule has 2 aromatic heterocycles. The molecular formula is C25H20N2O6S. The minimum absolute atomic E-state index is 0.144. The highest BCUT2D eigenvalue weighted by Gasteiger charge is 2.22. The number of ether oxygens (including phenoxy) is 4. The van der Waals surface area contributed by atoms with E-state index in [2.05, 4.69) is 4.98 Å². The molecule has 0 aliphatic carbocycles. The van der Waals surface area contributed by atoms with Crippen LogP contribution >= 0.6 is 11.3 Å². The lowest BCUT2D eigenvalue weighted by atomic mass is 10.1. The van der Waals surface area contributed by atoms with E-state index in [1.54, 1.807) is 23.1 Å². The largest absolute Gasteiger partial charge is 0.486 e. The summed E-state index contributed by atoms with van der Waals surface area (Å²) in [7, 11) is 0. The summed E-state index contributed by atoms with van der Waals surface area (Å²) in [6.07, 6.45) is 0. The van der Waals surface area contributed by atoms with Gasteiger partial charge < -0.3 is 28.8 Å². The van der Waals surface area contributed by atoms with Crippen LogP contribution in [0, 0.1) is 0 Å². The van der Waals surface area contributed by atoms with Gasteiger partial charge in [-0.2, -0.15) is 0 Å². The van der Waals surface area contributed by atoms with E-state index in [1.807, 2.05) is 35.7 Å². The monoisotopic (exact) mass is 476 g/mol. The molecule has 9 heteroatoms. The van der Waals surface area contributed by atoms with Crippen molar-refractivity contribution in [1.82, 2.24) is 9.88 Å². The molecule has 1 amide bonds. The molecule has 34 heavy (non-hydrogen) atoms. The summed E-state index contributed by atoms with van der Waals surface area (Å²) >= 11 is 1.37. The Balaban J connectivity index is 1.35. The fourth-order valence-electron chi connectivity index (χ4n) is 4.13. The normalized spacial score (nSPS) is 13.8. The molecule has 4 aromatic rings. The zero-order valence-corrected chi connectivity index (χ0v) is 18.9. The lowest BCUT2D eigenvalue weighted by molar-refractivity contribution is 0.0734. The summed E-state index contributed by atoms with van der Waals surface area (Å²) in [5.41, 5.74) is 1.77. The van der Waals surface area contributed by atoms with Crippen LogP contribution in [-0.2, 0) is 13.1 Å². The van der Waals surface area contributed by atoms with Crippen LogP contribution < -0.4 is 24.5 Å². The first kappa shape index (κ1) is 20.6. The first-order valence-corrected chi connectivity index (χ1v) is 11.7. The summed E-state index contributed by atoms with van der Waals surface area (Å²) in [5, 5.41) is 2.67. The molecular weight excluding hydrogens is 456 g/mol. The fraction of sp³-hybridized carbons (Fsp3) is 0.200. The van der Waals surface area contributed by atoms with Crippen molar-refractivity contribution in [1.29, 1.82) is 0 Å². The lowest BCUT2D eigenvalue weighted by Gasteiger charge is -2.23. The molecule has 2 aromatic carbocycles. The molecule has 6 rings (SSSR count). The van der Waals surface area contributed by atoms with Crippen molar-refractivity contribution in [3.05, 3.63) is 80.3 Å². The highest BCUT2D eigenvalue weighted by Crippen LogP contribution is 2.35. The lowest BCUT2D eigenvalue weighted by Crippen LogP contribution is -2.32. The van der Waals surface area contributed by atoms with E-state index in [-0.39, 0.29) is 24.8 Å². The van der Waals surface area contributed by atoms with Gasteiger partial charge in [-0.3, -0.25) is 9.59 Å². The van der Waals surface area contributed by atoms with Gasteiger partial charge in [-0.25, -0.2) is 0 Å². The number of benzene rings is 2. The number of aromatic amines is 1. The van der Waals surface area contributed by atoms with E-state index in [4.69, 9.17) is 18.9 Å². The van der Waals surface area contributed by atoms with Crippen LogP contribution in [-0.4, -0.2) is 35.8 Å². The van der Waals surface area contributed by atoms with Gasteiger partial charge in [0.05, 0.1) is 16.9 Å². The standard InChI is InChI=1S/C25H20N2O6S/c28-24-17(9-16-10-21-22(11-18(16)26-24)31-6-5-30-21)13-27(25(29)23-2-1-7-34-23)12-15-3-4-19-20(8-15)33-14-32-19/h1-4,7-11H,5-6,12-14H2,(H,26,28). The molecule has 8 nitrogen and oxygen atoms in total. The summed E-state index contributed by atoms with van der Waals surface area (Å²) in [6, 6.07) is 14.7. The molecule has 0 saturated carbocycles. The second-order valence-corrected chi connectivity index (χ2v) is 8.98. The van der Waals surface area contributed by atoms with E-state index in [9.17, 15) is 9.59 Å². The topological polar surface area (TPSA) is 90.1 Å². The maximum Gasteiger partial charge on any atom is 0.264 e. The van der Waals surface area contributed by atoms with Gasteiger partial charge in [0.15, 0.2) is 23.0 Å². The number of nitrogens with zero attached hydrogens (tertiary/aromatic N) is 1. The molecule has 2 aliphatic heterocycles. The Morgan fingerprint density at radius 1 is 0.912 bits per heavy atom. The Morgan fingerprint density at radius 2 is 1.71 bits per heavy atom. The smallest absolute Gasteiger partial charge is 0.264 e. The van der Waals surface area contributed by atoms with Crippen LogP contribution in [0.25, 0.3) is 10.9 Å². The first-order valence-electron chi connectivity index (χ1n) is 10.8. The minimum atomic E-state index is -0.251. The number of hydrogen-bond acceptors (Lipinski definition) is 7. The van der Waals surface area contributed by atoms with Crippen molar-refractivity contribution in [2.24, 2.45) is 0 Å². The van der Waals surface area contributed by atoms with Crippen molar-refractivity contribution in [3.8, 4) is 23.0 Å². The van der Waals surface area contributed by atoms with Crippen LogP contribution in [0.2, 0.25) is 0 Å². The summed E-state index contributed by atoms with van der Waals surface area (Å²) in [5.74, 6) is 2.44. The summed E-state index contributed by atoms with van der Waals surface area (Å²) in [6.45, 7) is 1.59. The molecule has 0 bridgehead atoms. The highest BCUT2D eigenvalue weighted by atomic mass is 32.1. The van der Waals surface area contributed by atoms with Gasteiger partial charge in [-0.1, -0.05) is 12.1 Å². The number of hydrogen-bond donors (Lipinski definition) is 1. The van der Waals surface area contributed by atoms with Gasteiger partial charge in [0, 0.05) is 23.6 Å².